The maximum Gasteiger partial charge on any atom is 0.220 e. The molecular weight excluding hydrogens is 319 g/mol. The molecule has 0 bridgehead atoms. The number of nitrogens with two attached hydrogens (primary N) is 1. The Balaban J connectivity index is 0.00000264. The van der Waals surface area contributed by atoms with E-state index in [1.54, 1.807) is 0 Å². The second-order valence-corrected chi connectivity index (χ2v) is 6.19. The Morgan fingerprint density at radius 2 is 1.96 bits per heavy atom. The monoisotopic (exact) mass is 344 g/mol. The zero-order valence-electron chi connectivity index (χ0n) is 13.5. The summed E-state index contributed by atoms with van der Waals surface area (Å²) in [5, 5.41) is 3.02. The number of halogens is 2. The molecule has 3 N–H and O–H groups in total. The fourth-order valence-corrected chi connectivity index (χ4v) is 2.85. The van der Waals surface area contributed by atoms with Gasteiger partial charge < -0.3 is 15.8 Å². The van der Waals surface area contributed by atoms with Crippen LogP contribution in [0.3, 0.4) is 0 Å². The largest absolute Gasteiger partial charge is 0.381 e. The number of amides is 1. The topological polar surface area (TPSA) is 64.4 Å². The smallest absolute Gasteiger partial charge is 0.220 e. The van der Waals surface area contributed by atoms with E-state index in [2.05, 4.69) is 5.32 Å². The van der Waals surface area contributed by atoms with Gasteiger partial charge in [-0.2, -0.15) is 0 Å². The average molecular weight is 345 g/mol. The minimum atomic E-state index is -0.244. The second-order valence-electron chi connectivity index (χ2n) is 6.19. The molecule has 6 heteroatoms. The van der Waals surface area contributed by atoms with Gasteiger partial charge in [-0.1, -0.05) is 12.1 Å². The fraction of sp³-hybridized carbons (Fsp3) is 0.588. The molecule has 1 aliphatic rings. The van der Waals surface area contributed by atoms with Gasteiger partial charge in [0, 0.05) is 37.6 Å². The van der Waals surface area contributed by atoms with E-state index in [0.717, 1.165) is 18.4 Å². The maximum absolute atomic E-state index is 13.2. The molecule has 2 rings (SSSR count). The van der Waals surface area contributed by atoms with Crippen LogP contribution >= 0.6 is 12.4 Å². The first-order valence-corrected chi connectivity index (χ1v) is 7.88. The van der Waals surface area contributed by atoms with E-state index in [4.69, 9.17) is 10.5 Å². The second kappa shape index (κ2) is 9.21. The number of benzene rings is 1. The Bertz CT molecular complexity index is 488. The summed E-state index contributed by atoms with van der Waals surface area (Å²) >= 11 is 0. The van der Waals surface area contributed by atoms with E-state index >= 15 is 0 Å². The van der Waals surface area contributed by atoms with Crippen molar-refractivity contribution in [2.45, 2.75) is 44.1 Å². The van der Waals surface area contributed by atoms with Gasteiger partial charge in [-0.25, -0.2) is 4.39 Å². The summed E-state index contributed by atoms with van der Waals surface area (Å²) in [5.74, 6) is -0.225. The number of rotatable bonds is 6. The average Bonchev–Trinajstić information content (AvgIpc) is 2.52. The van der Waals surface area contributed by atoms with Crippen LogP contribution in [-0.4, -0.2) is 31.7 Å². The zero-order valence-corrected chi connectivity index (χ0v) is 14.3. The van der Waals surface area contributed by atoms with Crippen molar-refractivity contribution in [3.8, 4) is 0 Å². The zero-order chi connectivity index (χ0) is 16.0. The number of hydrogen-bond acceptors (Lipinski definition) is 3. The summed E-state index contributed by atoms with van der Waals surface area (Å²) in [5.41, 5.74) is 6.57. The Hall–Kier alpha value is -1.17. The van der Waals surface area contributed by atoms with E-state index in [0.29, 0.717) is 32.6 Å². The van der Waals surface area contributed by atoms with Crippen molar-refractivity contribution in [1.82, 2.24) is 5.32 Å². The molecule has 0 aromatic heterocycles. The molecule has 1 aliphatic heterocycles. The number of hydrogen-bond donors (Lipinski definition) is 2. The number of nitrogens with one attached hydrogen (secondary N) is 1. The van der Waals surface area contributed by atoms with Crippen LogP contribution < -0.4 is 11.1 Å². The molecule has 1 heterocycles. The standard InChI is InChI=1S/C17H25FN2O2.ClH/c1-13(19)2-7-16(21)20-12-17(8-10-22-11-9-17)14-3-5-15(18)6-4-14;/h3-6,13H,2,7-12,19H2,1H3,(H,20,21);1H. The van der Waals surface area contributed by atoms with Gasteiger partial charge in [-0.3, -0.25) is 4.79 Å². The SMILES string of the molecule is CC(N)CCC(=O)NCC1(c2ccc(F)cc2)CCOCC1.Cl. The van der Waals surface area contributed by atoms with Crippen molar-refractivity contribution < 1.29 is 13.9 Å². The summed E-state index contributed by atoms with van der Waals surface area (Å²) in [6.45, 7) is 3.77. The van der Waals surface area contributed by atoms with E-state index < -0.39 is 0 Å². The van der Waals surface area contributed by atoms with Crippen molar-refractivity contribution in [3.05, 3.63) is 35.6 Å². The number of carbonyl (C=O) groups is 1. The van der Waals surface area contributed by atoms with Gasteiger partial charge in [0.1, 0.15) is 5.82 Å². The molecular formula is C17H26ClFN2O2. The molecule has 23 heavy (non-hydrogen) atoms. The Kier molecular flexibility index (Phi) is 7.95. The first-order chi connectivity index (χ1) is 10.5. The third-order valence-electron chi connectivity index (χ3n) is 4.36. The normalized spacial score (nSPS) is 17.9. The minimum absolute atomic E-state index is 0. The maximum atomic E-state index is 13.2. The number of carbonyl (C=O) groups excluding carboxylic acids is 1. The summed E-state index contributed by atoms with van der Waals surface area (Å²) in [6, 6.07) is 6.61. The molecule has 1 atom stereocenters. The van der Waals surface area contributed by atoms with Crippen LogP contribution in [0.2, 0.25) is 0 Å². The molecule has 1 aromatic carbocycles. The van der Waals surface area contributed by atoms with Crippen molar-refractivity contribution in [3.63, 3.8) is 0 Å². The van der Waals surface area contributed by atoms with Crippen molar-refractivity contribution in [2.24, 2.45) is 5.73 Å². The Labute approximate surface area is 143 Å². The Morgan fingerprint density at radius 1 is 1.35 bits per heavy atom. The molecule has 4 nitrogen and oxygen atoms in total. The van der Waals surface area contributed by atoms with Crippen LogP contribution in [0, 0.1) is 5.82 Å². The molecule has 0 radical (unpaired) electrons. The van der Waals surface area contributed by atoms with Crippen LogP contribution in [0.25, 0.3) is 0 Å². The molecule has 0 spiro atoms. The predicted octanol–water partition coefficient (Wildman–Crippen LogP) is 2.54. The summed E-state index contributed by atoms with van der Waals surface area (Å²) in [4.78, 5) is 12.0. The van der Waals surface area contributed by atoms with Gasteiger partial charge >= 0.3 is 0 Å². The van der Waals surface area contributed by atoms with Gasteiger partial charge in [0.05, 0.1) is 0 Å². The lowest BCUT2D eigenvalue weighted by atomic mass is 9.74. The van der Waals surface area contributed by atoms with E-state index in [1.807, 2.05) is 19.1 Å². The third-order valence-corrected chi connectivity index (χ3v) is 4.36. The molecule has 130 valence electrons. The highest BCUT2D eigenvalue weighted by molar-refractivity contribution is 5.85. The molecule has 1 fully saturated rings. The van der Waals surface area contributed by atoms with Crippen molar-refractivity contribution in [2.75, 3.05) is 19.8 Å². The predicted molar refractivity (Wildman–Crippen MR) is 91.3 cm³/mol. The molecule has 1 amide bonds. The highest BCUT2D eigenvalue weighted by Crippen LogP contribution is 2.34. The lowest BCUT2D eigenvalue weighted by Crippen LogP contribution is -2.44. The van der Waals surface area contributed by atoms with Crippen LogP contribution in [0.4, 0.5) is 4.39 Å². The van der Waals surface area contributed by atoms with Crippen molar-refractivity contribution >= 4 is 18.3 Å². The van der Waals surface area contributed by atoms with Crippen LogP contribution in [0.5, 0.6) is 0 Å². The van der Waals surface area contributed by atoms with Crippen LogP contribution in [0.1, 0.15) is 38.2 Å². The quantitative estimate of drug-likeness (QED) is 0.833. The van der Waals surface area contributed by atoms with E-state index in [-0.39, 0.29) is 35.6 Å². The van der Waals surface area contributed by atoms with Gasteiger partial charge in [0.25, 0.3) is 0 Å². The van der Waals surface area contributed by atoms with Gasteiger partial charge in [-0.05, 0) is 43.9 Å². The van der Waals surface area contributed by atoms with Crippen LogP contribution in [-0.2, 0) is 14.9 Å². The first kappa shape index (κ1) is 19.9. The molecule has 1 saturated heterocycles. The first-order valence-electron chi connectivity index (χ1n) is 7.88. The van der Waals surface area contributed by atoms with Gasteiger partial charge in [0.15, 0.2) is 0 Å². The third kappa shape index (κ3) is 5.75. The molecule has 1 aromatic rings. The van der Waals surface area contributed by atoms with Crippen molar-refractivity contribution in [1.29, 1.82) is 0 Å². The van der Waals surface area contributed by atoms with Crippen LogP contribution in [0.15, 0.2) is 24.3 Å². The van der Waals surface area contributed by atoms with E-state index in [9.17, 15) is 9.18 Å². The fourth-order valence-electron chi connectivity index (χ4n) is 2.85. The summed E-state index contributed by atoms with van der Waals surface area (Å²) < 4.78 is 18.6. The Morgan fingerprint density at radius 3 is 2.52 bits per heavy atom. The highest BCUT2D eigenvalue weighted by atomic mass is 35.5. The van der Waals surface area contributed by atoms with Gasteiger partial charge in [0.2, 0.25) is 5.91 Å². The molecule has 0 aliphatic carbocycles. The lowest BCUT2D eigenvalue weighted by Gasteiger charge is -2.38. The molecule has 0 saturated carbocycles. The highest BCUT2D eigenvalue weighted by Gasteiger charge is 2.34. The van der Waals surface area contributed by atoms with Gasteiger partial charge in [-0.15, -0.1) is 12.4 Å². The summed E-state index contributed by atoms with van der Waals surface area (Å²) in [6.07, 6.45) is 2.77. The summed E-state index contributed by atoms with van der Waals surface area (Å²) in [7, 11) is 0. The molecule has 1 unspecified atom stereocenters. The van der Waals surface area contributed by atoms with E-state index in [1.165, 1.54) is 12.1 Å². The number of ether oxygens (including phenoxy) is 1. The lowest BCUT2D eigenvalue weighted by molar-refractivity contribution is -0.121. The minimum Gasteiger partial charge on any atom is -0.381 e.